The van der Waals surface area contributed by atoms with Crippen LogP contribution in [0.5, 0.6) is 0 Å². The largest absolute Gasteiger partial charge is 0.444 e. The summed E-state index contributed by atoms with van der Waals surface area (Å²) in [5.74, 6) is -1.72. The first kappa shape index (κ1) is 23.2. The normalized spacial score (nSPS) is 18.3. The lowest BCUT2D eigenvalue weighted by Gasteiger charge is -2.24. The van der Waals surface area contributed by atoms with Gasteiger partial charge in [-0.3, -0.25) is 9.69 Å². The highest BCUT2D eigenvalue weighted by atomic mass is 127. The minimum absolute atomic E-state index is 0.00320. The van der Waals surface area contributed by atoms with Crippen molar-refractivity contribution in [2.24, 2.45) is 5.10 Å². The van der Waals surface area contributed by atoms with E-state index in [1.165, 1.54) is 27.8 Å². The van der Waals surface area contributed by atoms with Gasteiger partial charge >= 0.3 is 6.09 Å². The molecule has 1 N–H and O–H groups in total. The van der Waals surface area contributed by atoms with E-state index >= 15 is 0 Å². The van der Waals surface area contributed by atoms with Gasteiger partial charge in [-0.2, -0.15) is 5.10 Å². The molecule has 1 amide bonds. The van der Waals surface area contributed by atoms with Crippen molar-refractivity contribution in [1.29, 1.82) is 0 Å². The van der Waals surface area contributed by atoms with E-state index in [1.54, 1.807) is 11.0 Å². The number of alkyl halides is 3. The van der Waals surface area contributed by atoms with Gasteiger partial charge in [0.05, 0.1) is 24.5 Å². The van der Waals surface area contributed by atoms with Gasteiger partial charge in [-0.25, -0.2) is 18.0 Å². The first-order valence-electron chi connectivity index (χ1n) is 9.04. The Morgan fingerprint density at radius 2 is 2.17 bits per heavy atom. The smallest absolute Gasteiger partial charge is 0.414 e. The van der Waals surface area contributed by atoms with Crippen molar-refractivity contribution in [1.82, 2.24) is 5.43 Å². The van der Waals surface area contributed by atoms with Gasteiger partial charge in [0, 0.05) is 13.0 Å². The van der Waals surface area contributed by atoms with E-state index in [9.17, 15) is 22.8 Å². The maximum Gasteiger partial charge on any atom is 0.414 e. The monoisotopic (exact) mass is 526 g/mol. The Morgan fingerprint density at radius 3 is 2.76 bits per heavy atom. The highest BCUT2D eigenvalue weighted by Crippen LogP contribution is 2.28. The van der Waals surface area contributed by atoms with Crippen LogP contribution in [0.1, 0.15) is 19.8 Å². The predicted molar refractivity (Wildman–Crippen MR) is 113 cm³/mol. The molecule has 0 aliphatic carbocycles. The molecule has 1 aromatic rings. The fourth-order valence-corrected chi connectivity index (χ4v) is 2.78. The minimum Gasteiger partial charge on any atom is -0.444 e. The highest BCUT2D eigenvalue weighted by Gasteiger charge is 2.33. The third-order valence-corrected chi connectivity index (χ3v) is 4.14. The van der Waals surface area contributed by atoms with Gasteiger partial charge in [-0.15, -0.1) is 0 Å². The van der Waals surface area contributed by atoms with Crippen LogP contribution in [0.4, 0.5) is 29.3 Å². The molecular formula is C18H22F3IN4O3. The molecule has 0 aromatic heterocycles. The number of amides is 1. The maximum absolute atomic E-state index is 14.4. The number of rotatable bonds is 6. The van der Waals surface area contributed by atoms with Crippen LogP contribution in [0.2, 0.25) is 0 Å². The summed E-state index contributed by atoms with van der Waals surface area (Å²) in [5.41, 5.74) is 3.38. The summed E-state index contributed by atoms with van der Waals surface area (Å²) in [6.07, 6.45) is -3.31. The number of nitrogens with one attached hydrogen (secondary N) is 1. The van der Waals surface area contributed by atoms with Crippen molar-refractivity contribution < 1.29 is 27.5 Å². The molecule has 0 bridgehead atoms. The molecule has 1 saturated heterocycles. The summed E-state index contributed by atoms with van der Waals surface area (Å²) in [6.45, 7) is 3.31. The van der Waals surface area contributed by atoms with E-state index < -0.39 is 30.2 Å². The van der Waals surface area contributed by atoms with Crippen molar-refractivity contribution in [3.63, 3.8) is 0 Å². The molecule has 160 valence electrons. The molecule has 7 nitrogen and oxygen atoms in total. The Morgan fingerprint density at radius 1 is 1.45 bits per heavy atom. The van der Waals surface area contributed by atoms with Gasteiger partial charge in [-0.1, -0.05) is 29.5 Å². The van der Waals surface area contributed by atoms with Gasteiger partial charge in [0.1, 0.15) is 18.3 Å². The number of ketones is 1. The van der Waals surface area contributed by atoms with Crippen LogP contribution in [0.25, 0.3) is 0 Å². The lowest BCUT2D eigenvalue weighted by Crippen LogP contribution is -2.35. The molecule has 1 fully saturated rings. The van der Waals surface area contributed by atoms with Crippen LogP contribution in [0, 0.1) is 5.82 Å². The molecule has 0 radical (unpaired) electrons. The summed E-state index contributed by atoms with van der Waals surface area (Å²) in [4.78, 5) is 25.8. The molecule has 1 aromatic carbocycles. The quantitative estimate of drug-likeness (QED) is 0.454. The zero-order valence-electron chi connectivity index (χ0n) is 15.8. The van der Waals surface area contributed by atoms with E-state index in [2.05, 4.69) is 40.0 Å². The van der Waals surface area contributed by atoms with Crippen molar-refractivity contribution in [3.05, 3.63) is 24.0 Å². The SMILES string of the molecule is CCI.O=C(CC[C@H]1CN(c2ccc(N3C=NNCC3)c(F)c2)C(=O)O1)C(F)F. The molecular weight excluding hydrogens is 504 g/mol. The Kier molecular flexibility index (Phi) is 8.99. The first-order chi connectivity index (χ1) is 13.9. The second kappa shape index (κ2) is 11.2. The maximum atomic E-state index is 14.4. The molecule has 2 aliphatic rings. The first-order valence-corrected chi connectivity index (χ1v) is 10.6. The fourth-order valence-electron chi connectivity index (χ4n) is 2.78. The molecule has 2 aliphatic heterocycles. The number of anilines is 2. The molecule has 0 spiro atoms. The number of carbonyl (C=O) groups excluding carboxylic acids is 2. The molecule has 1 atom stereocenters. The summed E-state index contributed by atoms with van der Waals surface area (Å²) in [7, 11) is 0. The Labute approximate surface area is 180 Å². The lowest BCUT2D eigenvalue weighted by molar-refractivity contribution is -0.129. The Balaban J connectivity index is 0.000000941. The van der Waals surface area contributed by atoms with Gasteiger partial charge in [0.2, 0.25) is 0 Å². The van der Waals surface area contributed by atoms with Crippen molar-refractivity contribution in [2.75, 3.05) is 33.9 Å². The van der Waals surface area contributed by atoms with Gasteiger partial charge in [0.15, 0.2) is 5.78 Å². The lowest BCUT2D eigenvalue weighted by atomic mass is 10.1. The van der Waals surface area contributed by atoms with Crippen molar-refractivity contribution in [2.45, 2.75) is 32.3 Å². The van der Waals surface area contributed by atoms with Crippen molar-refractivity contribution >= 4 is 52.2 Å². The topological polar surface area (TPSA) is 74.2 Å². The third kappa shape index (κ3) is 6.47. The standard InChI is InChI=1S/C16H17F3N4O3.C2H5I/c17-12-7-10(1-3-13(12)22-6-5-20-21-9-22)23-8-11(26-16(23)25)2-4-14(24)15(18)19;1-2-3/h1,3,7,9,11,15,20H,2,4-6,8H2;2H2,1H3/t11-;/m0./s1. The number of benzene rings is 1. The van der Waals surface area contributed by atoms with Crippen LogP contribution in [-0.2, 0) is 9.53 Å². The van der Waals surface area contributed by atoms with Crippen LogP contribution < -0.4 is 15.2 Å². The molecule has 11 heteroatoms. The molecule has 0 unspecified atom stereocenters. The van der Waals surface area contributed by atoms with E-state index in [1.807, 2.05) is 0 Å². The second-order valence-corrected chi connectivity index (χ2v) is 7.70. The van der Waals surface area contributed by atoms with Crippen LogP contribution >= 0.6 is 22.6 Å². The zero-order chi connectivity index (χ0) is 21.4. The summed E-state index contributed by atoms with van der Waals surface area (Å²) in [5, 5.41) is 3.86. The van der Waals surface area contributed by atoms with Crippen LogP contribution in [-0.4, -0.2) is 54.8 Å². The molecule has 3 rings (SSSR count). The van der Waals surface area contributed by atoms with E-state index in [4.69, 9.17) is 4.74 Å². The number of hydrogen-bond donors (Lipinski definition) is 1. The minimum atomic E-state index is -3.03. The summed E-state index contributed by atoms with van der Waals surface area (Å²) >= 11 is 2.29. The number of cyclic esters (lactones) is 1. The average molecular weight is 526 g/mol. The molecule has 2 heterocycles. The fraction of sp³-hybridized carbons (Fsp3) is 0.500. The van der Waals surface area contributed by atoms with Crippen molar-refractivity contribution in [3.8, 4) is 0 Å². The number of hydrazone groups is 1. The molecule has 29 heavy (non-hydrogen) atoms. The summed E-state index contributed by atoms with van der Waals surface area (Å²) < 4.78 is 45.2. The number of halogens is 4. The highest BCUT2D eigenvalue weighted by molar-refractivity contribution is 14.1. The second-order valence-electron chi connectivity index (χ2n) is 6.17. The summed E-state index contributed by atoms with van der Waals surface area (Å²) in [6, 6.07) is 4.31. The number of nitrogens with zero attached hydrogens (tertiary/aromatic N) is 3. The number of ether oxygens (including phenoxy) is 1. The third-order valence-electron chi connectivity index (χ3n) is 4.14. The van der Waals surface area contributed by atoms with E-state index in [-0.39, 0.29) is 19.4 Å². The van der Waals surface area contributed by atoms with Gasteiger partial charge in [-0.05, 0) is 29.0 Å². The van der Waals surface area contributed by atoms with Crippen LogP contribution in [0.3, 0.4) is 0 Å². The van der Waals surface area contributed by atoms with Gasteiger partial charge < -0.3 is 15.1 Å². The number of Topliss-reactive ketones (excluding diaryl/α,β-unsaturated/α-hetero) is 1. The number of carbonyl (C=O) groups is 2. The predicted octanol–water partition coefficient (Wildman–Crippen LogP) is 3.56. The number of hydrogen-bond acceptors (Lipinski definition) is 6. The molecule has 0 saturated carbocycles. The van der Waals surface area contributed by atoms with E-state index in [0.29, 0.717) is 24.5 Å². The van der Waals surface area contributed by atoms with E-state index in [0.717, 1.165) is 0 Å². The average Bonchev–Trinajstić information content (AvgIpc) is 3.08. The zero-order valence-corrected chi connectivity index (χ0v) is 17.9. The van der Waals surface area contributed by atoms with Gasteiger partial charge in [0.25, 0.3) is 6.43 Å². The Hall–Kier alpha value is -2.05. The van der Waals surface area contributed by atoms with Crippen LogP contribution in [0.15, 0.2) is 23.3 Å². The Bertz CT molecular complexity index is 751.